The molecule has 1 aromatic carbocycles. The van der Waals surface area contributed by atoms with Gasteiger partial charge in [-0.25, -0.2) is 4.79 Å². The second-order valence-corrected chi connectivity index (χ2v) is 8.54. The Labute approximate surface area is 165 Å². The largest absolute Gasteiger partial charge is 0.338 e. The smallest absolute Gasteiger partial charge is 0.324 e. The van der Waals surface area contributed by atoms with Crippen LogP contribution in [-0.4, -0.2) is 55.5 Å². The summed E-state index contributed by atoms with van der Waals surface area (Å²) in [6, 6.07) is 4.02. The Morgan fingerprint density at radius 3 is 2.07 bits per heavy atom. The second-order valence-electron chi connectivity index (χ2n) is 8.54. The van der Waals surface area contributed by atoms with Crippen molar-refractivity contribution in [3.63, 3.8) is 0 Å². The summed E-state index contributed by atoms with van der Waals surface area (Å²) in [5, 5.41) is 2.85. The van der Waals surface area contributed by atoms with Crippen molar-refractivity contribution in [2.24, 2.45) is 0 Å². The van der Waals surface area contributed by atoms with E-state index >= 15 is 0 Å². The van der Waals surface area contributed by atoms with Gasteiger partial charge in [-0.3, -0.25) is 9.69 Å². The summed E-state index contributed by atoms with van der Waals surface area (Å²) in [5.74, 6) is -0.155. The van der Waals surface area contributed by atoms with E-state index in [4.69, 9.17) is 0 Å². The van der Waals surface area contributed by atoms with Crippen molar-refractivity contribution in [1.29, 1.82) is 0 Å². The molecule has 0 heterocycles. The zero-order valence-corrected chi connectivity index (χ0v) is 18.4. The number of urea groups is 1. The topological polar surface area (TPSA) is 52.7 Å². The van der Waals surface area contributed by atoms with Gasteiger partial charge < -0.3 is 10.2 Å². The lowest BCUT2D eigenvalue weighted by Gasteiger charge is -2.24. The molecular weight excluding hydrogens is 338 g/mol. The third-order valence-corrected chi connectivity index (χ3v) is 4.81. The summed E-state index contributed by atoms with van der Waals surface area (Å²) in [4.78, 5) is 28.5. The highest BCUT2D eigenvalue weighted by Gasteiger charge is 2.22. The lowest BCUT2D eigenvalue weighted by Crippen LogP contribution is -2.45. The fraction of sp³-hybridized carbons (Fsp3) is 0.636. The number of rotatable bonds is 7. The predicted octanol–water partition coefficient (Wildman–Crippen LogP) is 3.65. The molecule has 0 unspecified atom stereocenters. The Morgan fingerprint density at radius 2 is 1.63 bits per heavy atom. The molecule has 1 rings (SSSR count). The van der Waals surface area contributed by atoms with Gasteiger partial charge in [-0.05, 0) is 75.5 Å². The van der Waals surface area contributed by atoms with Crippen LogP contribution in [0.3, 0.4) is 0 Å². The monoisotopic (exact) mass is 375 g/mol. The number of benzene rings is 1. The number of likely N-dealkylation sites (N-methyl/N-ethyl adjacent to an activating group) is 1. The van der Waals surface area contributed by atoms with Crippen LogP contribution in [0.25, 0.3) is 0 Å². The molecule has 1 aromatic rings. The number of nitrogens with zero attached hydrogens (tertiary/aromatic N) is 2. The molecule has 5 heteroatoms. The van der Waals surface area contributed by atoms with Gasteiger partial charge in [0.15, 0.2) is 0 Å². The van der Waals surface area contributed by atoms with Crippen LogP contribution in [0.4, 0.5) is 4.79 Å². The van der Waals surface area contributed by atoms with Crippen molar-refractivity contribution in [3.05, 3.63) is 34.4 Å². The number of nitrogens with one attached hydrogen (secondary N) is 1. The molecule has 1 N–H and O–H groups in total. The van der Waals surface area contributed by atoms with Crippen LogP contribution in [0.1, 0.15) is 56.4 Å². The highest BCUT2D eigenvalue weighted by Crippen LogP contribution is 2.27. The summed E-state index contributed by atoms with van der Waals surface area (Å²) < 4.78 is 0. The van der Waals surface area contributed by atoms with Gasteiger partial charge in [0.05, 0.1) is 6.42 Å². The van der Waals surface area contributed by atoms with E-state index in [2.05, 4.69) is 43.1 Å². The van der Waals surface area contributed by atoms with Crippen LogP contribution in [-0.2, 0) is 16.6 Å². The average Bonchev–Trinajstić information content (AvgIpc) is 2.54. The van der Waals surface area contributed by atoms with Gasteiger partial charge >= 0.3 is 6.03 Å². The summed E-state index contributed by atoms with van der Waals surface area (Å²) in [7, 11) is 4.00. The van der Waals surface area contributed by atoms with E-state index in [9.17, 15) is 9.59 Å². The maximum atomic E-state index is 12.8. The van der Waals surface area contributed by atoms with Crippen molar-refractivity contribution in [1.82, 2.24) is 15.1 Å². The number of carbonyl (C=O) groups excluding carboxylic acids is 2. The van der Waals surface area contributed by atoms with Crippen LogP contribution in [0.5, 0.6) is 0 Å². The molecule has 0 fully saturated rings. The minimum absolute atomic E-state index is 0.0694. The van der Waals surface area contributed by atoms with E-state index in [0.717, 1.165) is 29.7 Å². The summed E-state index contributed by atoms with van der Waals surface area (Å²) in [5.41, 5.74) is 4.57. The molecule has 0 saturated heterocycles. The number of imide groups is 1. The third kappa shape index (κ3) is 6.98. The molecule has 0 spiro atoms. The maximum Gasteiger partial charge on any atom is 0.324 e. The maximum absolute atomic E-state index is 12.8. The second kappa shape index (κ2) is 9.88. The fourth-order valence-corrected chi connectivity index (χ4v) is 3.07. The van der Waals surface area contributed by atoms with Crippen molar-refractivity contribution < 1.29 is 9.59 Å². The minimum Gasteiger partial charge on any atom is -0.338 e. The lowest BCUT2D eigenvalue weighted by atomic mass is 9.83. The summed E-state index contributed by atoms with van der Waals surface area (Å²) in [6.07, 6.45) is 1.11. The molecule has 27 heavy (non-hydrogen) atoms. The first-order valence-corrected chi connectivity index (χ1v) is 9.80. The molecule has 0 aliphatic rings. The van der Waals surface area contributed by atoms with E-state index in [1.54, 1.807) is 0 Å². The molecule has 0 radical (unpaired) electrons. The zero-order chi connectivity index (χ0) is 20.8. The standard InChI is InChI=1S/C22H37N3O2/c1-9-25(21(27)23-11-10-12-24(7)8)20(26)15-19-16(2)13-18(14-17(19)3)22(4,5)6/h13-14H,9-12,15H2,1-8H3,(H,23,27). The first-order chi connectivity index (χ1) is 12.5. The normalized spacial score (nSPS) is 11.6. The summed E-state index contributed by atoms with van der Waals surface area (Å²) >= 11 is 0. The van der Waals surface area contributed by atoms with Gasteiger partial charge in [0.1, 0.15) is 0 Å². The van der Waals surface area contributed by atoms with E-state index in [1.165, 1.54) is 10.5 Å². The van der Waals surface area contributed by atoms with Crippen LogP contribution in [0, 0.1) is 13.8 Å². The first-order valence-electron chi connectivity index (χ1n) is 9.80. The number of carbonyl (C=O) groups is 2. The van der Waals surface area contributed by atoms with Crippen molar-refractivity contribution in [2.45, 2.75) is 59.8 Å². The van der Waals surface area contributed by atoms with E-state index < -0.39 is 0 Å². The highest BCUT2D eigenvalue weighted by molar-refractivity contribution is 5.95. The van der Waals surface area contributed by atoms with Crippen molar-refractivity contribution in [3.8, 4) is 0 Å². The number of amides is 3. The fourth-order valence-electron chi connectivity index (χ4n) is 3.07. The van der Waals surface area contributed by atoms with E-state index in [0.29, 0.717) is 13.1 Å². The SMILES string of the molecule is CCN(C(=O)Cc1c(C)cc(C(C)(C)C)cc1C)C(=O)NCCCN(C)C. The van der Waals surface area contributed by atoms with Crippen LogP contribution < -0.4 is 5.32 Å². The van der Waals surface area contributed by atoms with Crippen LogP contribution in [0.2, 0.25) is 0 Å². The van der Waals surface area contributed by atoms with Gasteiger partial charge in [-0.15, -0.1) is 0 Å². The number of hydrogen-bond acceptors (Lipinski definition) is 3. The number of hydrogen-bond donors (Lipinski definition) is 1. The average molecular weight is 376 g/mol. The Morgan fingerprint density at radius 1 is 1.07 bits per heavy atom. The van der Waals surface area contributed by atoms with Gasteiger partial charge in [0.2, 0.25) is 5.91 Å². The minimum atomic E-state index is -0.303. The van der Waals surface area contributed by atoms with Gasteiger partial charge in [-0.2, -0.15) is 0 Å². The molecule has 0 aliphatic heterocycles. The van der Waals surface area contributed by atoms with Crippen LogP contribution >= 0.6 is 0 Å². The highest BCUT2D eigenvalue weighted by atomic mass is 16.2. The molecular formula is C22H37N3O2. The van der Waals surface area contributed by atoms with Crippen molar-refractivity contribution in [2.75, 3.05) is 33.7 Å². The van der Waals surface area contributed by atoms with Gasteiger partial charge in [0, 0.05) is 13.1 Å². The summed E-state index contributed by atoms with van der Waals surface area (Å²) in [6.45, 7) is 14.3. The Hall–Kier alpha value is -1.88. The number of aryl methyl sites for hydroxylation is 2. The van der Waals surface area contributed by atoms with E-state index in [1.807, 2.05) is 34.9 Å². The molecule has 3 amide bonds. The quantitative estimate of drug-likeness (QED) is 0.740. The zero-order valence-electron chi connectivity index (χ0n) is 18.4. The van der Waals surface area contributed by atoms with Gasteiger partial charge in [0.25, 0.3) is 0 Å². The Kier molecular flexibility index (Phi) is 8.48. The molecule has 0 aliphatic carbocycles. The third-order valence-electron chi connectivity index (χ3n) is 4.81. The molecule has 0 bridgehead atoms. The molecule has 152 valence electrons. The van der Waals surface area contributed by atoms with Crippen LogP contribution in [0.15, 0.2) is 12.1 Å². The first kappa shape index (κ1) is 23.2. The van der Waals surface area contributed by atoms with Crippen molar-refractivity contribution >= 4 is 11.9 Å². The van der Waals surface area contributed by atoms with E-state index in [-0.39, 0.29) is 23.8 Å². The Balaban J connectivity index is 2.82. The molecule has 5 nitrogen and oxygen atoms in total. The Bertz CT molecular complexity index is 637. The molecule has 0 saturated carbocycles. The lowest BCUT2D eigenvalue weighted by molar-refractivity contribution is -0.127. The van der Waals surface area contributed by atoms with Gasteiger partial charge in [-0.1, -0.05) is 32.9 Å². The molecule has 0 atom stereocenters. The molecule has 0 aromatic heterocycles. The predicted molar refractivity (Wildman–Crippen MR) is 112 cm³/mol.